The van der Waals surface area contributed by atoms with Crippen molar-refractivity contribution >= 4 is 0 Å². The van der Waals surface area contributed by atoms with Crippen molar-refractivity contribution < 1.29 is 10.2 Å². The van der Waals surface area contributed by atoms with Gasteiger partial charge < -0.3 is 10.2 Å². The average Bonchev–Trinajstić information content (AvgIpc) is 2.83. The Balaban J connectivity index is 1.72. The zero-order valence-corrected chi connectivity index (χ0v) is 13.5. The highest BCUT2D eigenvalue weighted by atomic mass is 16.3. The molecule has 0 amide bonds. The highest BCUT2D eigenvalue weighted by Gasteiger charge is 2.57. The van der Waals surface area contributed by atoms with Gasteiger partial charge in [-0.25, -0.2) is 0 Å². The van der Waals surface area contributed by atoms with Crippen molar-refractivity contribution in [3.8, 4) is 0 Å². The van der Waals surface area contributed by atoms with Crippen LogP contribution in [-0.2, 0) is 0 Å². The zero-order valence-electron chi connectivity index (χ0n) is 13.5. The van der Waals surface area contributed by atoms with Crippen LogP contribution in [0.15, 0.2) is 11.6 Å². The smallest absolute Gasteiger partial charge is 0.0759 e. The molecule has 0 spiro atoms. The number of hydrogen-bond acceptors (Lipinski definition) is 2. The van der Waals surface area contributed by atoms with Crippen molar-refractivity contribution in [2.24, 2.45) is 28.6 Å². The van der Waals surface area contributed by atoms with Gasteiger partial charge in [-0.15, -0.1) is 0 Å². The lowest BCUT2D eigenvalue weighted by molar-refractivity contribution is -0.0722. The van der Waals surface area contributed by atoms with Gasteiger partial charge in [0.05, 0.1) is 12.2 Å². The minimum Gasteiger partial charge on any atom is -0.389 e. The maximum atomic E-state index is 10.8. The summed E-state index contributed by atoms with van der Waals surface area (Å²) in [7, 11) is 0. The number of hydrogen-bond donors (Lipinski definition) is 2. The lowest BCUT2D eigenvalue weighted by Gasteiger charge is -2.58. The molecule has 0 saturated heterocycles. The van der Waals surface area contributed by atoms with Gasteiger partial charge in [-0.1, -0.05) is 26.3 Å². The Morgan fingerprint density at radius 2 is 1.81 bits per heavy atom. The van der Waals surface area contributed by atoms with E-state index in [1.807, 2.05) is 6.08 Å². The van der Waals surface area contributed by atoms with Gasteiger partial charge in [-0.05, 0) is 79.1 Å². The third-order valence-corrected chi connectivity index (χ3v) is 7.88. The Labute approximate surface area is 128 Å². The predicted octanol–water partition coefficient (Wildman–Crippen LogP) is 3.67. The van der Waals surface area contributed by atoms with E-state index in [0.29, 0.717) is 11.3 Å². The summed E-state index contributed by atoms with van der Waals surface area (Å²) in [6.45, 7) is 4.88. The van der Waals surface area contributed by atoms with Gasteiger partial charge in [0.25, 0.3) is 0 Å². The van der Waals surface area contributed by atoms with Crippen molar-refractivity contribution in [1.82, 2.24) is 0 Å². The van der Waals surface area contributed by atoms with Crippen LogP contribution in [-0.4, -0.2) is 22.4 Å². The maximum Gasteiger partial charge on any atom is 0.0759 e. The molecule has 0 aromatic heterocycles. The highest BCUT2D eigenvalue weighted by molar-refractivity contribution is 5.28. The summed E-state index contributed by atoms with van der Waals surface area (Å²) in [6, 6.07) is 0. The van der Waals surface area contributed by atoms with Gasteiger partial charge in [-0.2, -0.15) is 0 Å². The molecular weight excluding hydrogens is 260 g/mol. The van der Waals surface area contributed by atoms with E-state index in [4.69, 9.17) is 0 Å². The van der Waals surface area contributed by atoms with E-state index in [2.05, 4.69) is 13.8 Å². The summed E-state index contributed by atoms with van der Waals surface area (Å²) in [5.41, 5.74) is 1.86. The molecule has 0 unspecified atom stereocenters. The van der Waals surface area contributed by atoms with Crippen LogP contribution in [0.3, 0.4) is 0 Å². The summed E-state index contributed by atoms with van der Waals surface area (Å²) in [5.74, 6) is 2.27. The van der Waals surface area contributed by atoms with Gasteiger partial charge in [0.1, 0.15) is 0 Å². The van der Waals surface area contributed by atoms with Crippen molar-refractivity contribution in [3.63, 3.8) is 0 Å². The molecule has 0 bridgehead atoms. The van der Waals surface area contributed by atoms with E-state index in [-0.39, 0.29) is 17.6 Å². The van der Waals surface area contributed by atoms with Gasteiger partial charge in [0, 0.05) is 0 Å². The molecule has 4 aliphatic rings. The monoisotopic (exact) mass is 290 g/mol. The van der Waals surface area contributed by atoms with Crippen LogP contribution in [0.4, 0.5) is 0 Å². The first-order chi connectivity index (χ1) is 9.94. The third-order valence-electron chi connectivity index (χ3n) is 7.88. The number of aliphatic hydroxyl groups is 2. The molecule has 0 radical (unpaired) electrons. The van der Waals surface area contributed by atoms with Gasteiger partial charge in [-0.3, -0.25) is 0 Å². The van der Waals surface area contributed by atoms with Crippen molar-refractivity contribution in [2.45, 2.75) is 77.4 Å². The van der Waals surface area contributed by atoms with Crippen LogP contribution in [0.1, 0.15) is 65.2 Å². The lowest BCUT2D eigenvalue weighted by atomic mass is 9.47. The molecule has 118 valence electrons. The summed E-state index contributed by atoms with van der Waals surface area (Å²) in [6.07, 6.45) is 11.1. The van der Waals surface area contributed by atoms with E-state index in [1.54, 1.807) is 0 Å². The fraction of sp³-hybridized carbons (Fsp3) is 0.895. The normalized spacial score (nSPS) is 56.2. The average molecular weight is 290 g/mol. The molecule has 3 fully saturated rings. The minimum atomic E-state index is -0.334. The number of aliphatic hydroxyl groups excluding tert-OH is 2. The summed E-state index contributed by atoms with van der Waals surface area (Å²) >= 11 is 0. The Bertz CT molecular complexity index is 470. The molecule has 4 rings (SSSR count). The van der Waals surface area contributed by atoms with Crippen molar-refractivity contribution in [2.75, 3.05) is 0 Å². The number of fused-ring (bicyclic) bond motifs is 5. The SMILES string of the molecule is C[C@@]12CCC[C@H]1[C@@H]1C[C@H](O)C3=C[C@@H](O)CC[C@]3(C)[C@H]1CC2. The van der Waals surface area contributed by atoms with Crippen LogP contribution in [0.5, 0.6) is 0 Å². The fourth-order valence-electron chi connectivity index (χ4n) is 6.75. The predicted molar refractivity (Wildman–Crippen MR) is 83.7 cm³/mol. The molecule has 3 saturated carbocycles. The molecule has 2 N–H and O–H groups in total. The van der Waals surface area contributed by atoms with Crippen LogP contribution in [0.2, 0.25) is 0 Å². The molecule has 0 aromatic rings. The molecule has 0 aliphatic heterocycles. The fourth-order valence-corrected chi connectivity index (χ4v) is 6.75. The Morgan fingerprint density at radius 1 is 1.00 bits per heavy atom. The van der Waals surface area contributed by atoms with Crippen LogP contribution in [0.25, 0.3) is 0 Å². The van der Waals surface area contributed by atoms with Gasteiger partial charge in [0.2, 0.25) is 0 Å². The van der Waals surface area contributed by atoms with E-state index >= 15 is 0 Å². The van der Waals surface area contributed by atoms with Crippen LogP contribution < -0.4 is 0 Å². The minimum absolute atomic E-state index is 0.144. The van der Waals surface area contributed by atoms with E-state index in [1.165, 1.54) is 37.7 Å². The van der Waals surface area contributed by atoms with E-state index in [9.17, 15) is 10.2 Å². The second-order valence-corrected chi connectivity index (χ2v) is 8.86. The van der Waals surface area contributed by atoms with E-state index < -0.39 is 0 Å². The summed E-state index contributed by atoms with van der Waals surface area (Å²) in [4.78, 5) is 0. The Hall–Kier alpha value is -0.340. The molecule has 7 atom stereocenters. The first-order valence-corrected chi connectivity index (χ1v) is 9.02. The molecular formula is C19H30O2. The molecule has 21 heavy (non-hydrogen) atoms. The molecule has 2 heteroatoms. The second-order valence-electron chi connectivity index (χ2n) is 8.86. The van der Waals surface area contributed by atoms with Crippen LogP contribution in [0, 0.1) is 28.6 Å². The molecule has 0 aromatic carbocycles. The largest absolute Gasteiger partial charge is 0.389 e. The topological polar surface area (TPSA) is 40.5 Å². The zero-order chi connectivity index (χ0) is 14.8. The Morgan fingerprint density at radius 3 is 2.62 bits per heavy atom. The lowest BCUT2D eigenvalue weighted by Crippen LogP contribution is -2.53. The van der Waals surface area contributed by atoms with Gasteiger partial charge >= 0.3 is 0 Å². The summed E-state index contributed by atoms with van der Waals surface area (Å²) in [5, 5.41) is 20.7. The first-order valence-electron chi connectivity index (χ1n) is 9.02. The summed E-state index contributed by atoms with van der Waals surface area (Å²) < 4.78 is 0. The standard InChI is InChI=1S/C19H30O2/c1-18-7-3-4-14(18)13-11-17(21)16-10-12(20)5-9-19(16,2)15(13)6-8-18/h10,12-15,17,20-21H,3-9,11H2,1-2H3/t12-,13-,14-,15-,17-,18-,19+/m0/s1. The van der Waals surface area contributed by atoms with Crippen molar-refractivity contribution in [1.29, 1.82) is 0 Å². The molecule has 2 nitrogen and oxygen atoms in total. The maximum absolute atomic E-state index is 10.8. The highest BCUT2D eigenvalue weighted by Crippen LogP contribution is 2.65. The Kier molecular flexibility index (Phi) is 3.11. The van der Waals surface area contributed by atoms with Gasteiger partial charge in [0.15, 0.2) is 0 Å². The molecule has 4 aliphatic carbocycles. The van der Waals surface area contributed by atoms with Crippen molar-refractivity contribution in [3.05, 3.63) is 11.6 Å². The van der Waals surface area contributed by atoms with E-state index in [0.717, 1.165) is 31.1 Å². The quantitative estimate of drug-likeness (QED) is 0.668. The first kappa shape index (κ1) is 14.3. The van der Waals surface area contributed by atoms with Crippen LogP contribution >= 0.6 is 0 Å². The molecule has 0 heterocycles. The second kappa shape index (κ2) is 4.58. The number of rotatable bonds is 0. The third kappa shape index (κ3) is 1.91.